The molecule has 8 atom stereocenters. The minimum Gasteiger partial charge on any atom is -0.480 e. The summed E-state index contributed by atoms with van der Waals surface area (Å²) in [5.74, 6) is -2.96. The van der Waals surface area contributed by atoms with Crippen LogP contribution in [0.4, 0.5) is 0 Å². The van der Waals surface area contributed by atoms with Crippen LogP contribution >= 0.6 is 23.1 Å². The van der Waals surface area contributed by atoms with Gasteiger partial charge in [0, 0.05) is 16.0 Å². The van der Waals surface area contributed by atoms with Crippen LogP contribution in [0.15, 0.2) is 34.1 Å². The molecule has 7 nitrogen and oxygen atoms in total. The summed E-state index contributed by atoms with van der Waals surface area (Å²) in [7, 11) is 0. The molecular formula is C25H26N2O5S2. The van der Waals surface area contributed by atoms with E-state index in [1.54, 1.807) is 25.6 Å². The first-order valence-electron chi connectivity index (χ1n) is 11.7. The van der Waals surface area contributed by atoms with Gasteiger partial charge in [0.05, 0.1) is 16.9 Å². The number of aryl methyl sites for hydroxylation is 1. The van der Waals surface area contributed by atoms with Gasteiger partial charge in [-0.15, -0.1) is 11.8 Å². The van der Waals surface area contributed by atoms with Gasteiger partial charge in [0.25, 0.3) is 0 Å². The molecule has 2 amide bonds. The van der Waals surface area contributed by atoms with Gasteiger partial charge < -0.3 is 10.1 Å². The highest BCUT2D eigenvalue weighted by Gasteiger charge is 2.70. The number of H-pyrrole nitrogens is 1. The lowest BCUT2D eigenvalue weighted by molar-refractivity contribution is -0.157. The summed E-state index contributed by atoms with van der Waals surface area (Å²) >= 11 is 2.89. The van der Waals surface area contributed by atoms with Crippen molar-refractivity contribution < 1.29 is 19.5 Å². The maximum absolute atomic E-state index is 13.6. The lowest BCUT2D eigenvalue weighted by atomic mass is 9.68. The van der Waals surface area contributed by atoms with E-state index in [9.17, 15) is 24.3 Å². The van der Waals surface area contributed by atoms with Crippen molar-refractivity contribution in [2.45, 2.75) is 49.4 Å². The Morgan fingerprint density at radius 2 is 1.74 bits per heavy atom. The molecular weight excluding hydrogens is 472 g/mol. The molecule has 2 saturated carbocycles. The van der Waals surface area contributed by atoms with E-state index in [0.29, 0.717) is 0 Å². The number of rotatable bonds is 4. The largest absolute Gasteiger partial charge is 0.480 e. The van der Waals surface area contributed by atoms with Crippen molar-refractivity contribution in [3.63, 3.8) is 0 Å². The third kappa shape index (κ3) is 2.89. The van der Waals surface area contributed by atoms with Gasteiger partial charge in [-0.1, -0.05) is 55.0 Å². The normalized spacial score (nSPS) is 34.4. The molecule has 0 radical (unpaired) electrons. The Hall–Kier alpha value is -2.39. The standard InChI is InChI=1S/C25H26N2O5S2/c1-9(2)18(24(30)31)27-22(28)16-12-8-13(17(16)23(27)29)19-15(12)14(11-6-4-10(3)5-7-11)20-21(33-19)26-25(32)34-20/h4-7,9,12-19H,8H2,1-3H3,(H,26,32)(H,30,31)/t12-,13+,14+,15-,16+,17+,18+,19-/m1/s1. The second-order valence-corrected chi connectivity index (χ2v) is 12.6. The molecule has 9 heteroatoms. The molecule has 4 aliphatic rings. The van der Waals surface area contributed by atoms with Crippen LogP contribution in [-0.4, -0.2) is 44.1 Å². The van der Waals surface area contributed by atoms with E-state index in [2.05, 4.69) is 29.2 Å². The maximum atomic E-state index is 13.6. The van der Waals surface area contributed by atoms with E-state index in [1.807, 2.05) is 6.92 Å². The highest BCUT2D eigenvalue weighted by Crippen LogP contribution is 2.68. The van der Waals surface area contributed by atoms with Gasteiger partial charge in [-0.3, -0.25) is 19.3 Å². The molecule has 1 aromatic carbocycles. The first-order valence-corrected chi connectivity index (χ1v) is 13.4. The summed E-state index contributed by atoms with van der Waals surface area (Å²) < 4.78 is 0. The average Bonchev–Trinajstić information content (AvgIpc) is 3.49. The zero-order chi connectivity index (χ0) is 24.0. The van der Waals surface area contributed by atoms with Crippen LogP contribution in [0.2, 0.25) is 0 Å². The van der Waals surface area contributed by atoms with Crippen molar-refractivity contribution in [3.8, 4) is 0 Å². The first kappa shape index (κ1) is 22.1. The maximum Gasteiger partial charge on any atom is 0.327 e. The SMILES string of the molecule is Cc1ccc([C@@H]2c3sc(=O)[nH]c3S[C@@H]3[C@H]4C[C@@H]([C@@H]5C(=O)N([C@H](C(=O)O)C(C)C)C(=O)[C@@H]45)[C@H]23)cc1. The Kier molecular flexibility index (Phi) is 4.91. The highest BCUT2D eigenvalue weighted by atomic mass is 32.2. The number of hydrogen-bond donors (Lipinski definition) is 2. The van der Waals surface area contributed by atoms with Crippen molar-refractivity contribution >= 4 is 40.9 Å². The number of carboxylic acids is 1. The van der Waals surface area contributed by atoms with Crippen molar-refractivity contribution in [2.24, 2.45) is 35.5 Å². The molecule has 0 spiro atoms. The molecule has 178 valence electrons. The summed E-state index contributed by atoms with van der Waals surface area (Å²) in [6.07, 6.45) is 0.796. The third-order valence-corrected chi connectivity index (χ3v) is 10.9. The first-order chi connectivity index (χ1) is 16.2. The number of nitrogens with one attached hydrogen (secondary N) is 1. The molecule has 6 rings (SSSR count). The molecule has 1 aromatic heterocycles. The van der Waals surface area contributed by atoms with Crippen LogP contribution in [0.3, 0.4) is 0 Å². The van der Waals surface area contributed by atoms with Crippen LogP contribution in [0.5, 0.6) is 0 Å². The number of amides is 2. The van der Waals surface area contributed by atoms with Gasteiger partial charge in [-0.05, 0) is 42.6 Å². The number of carbonyl (C=O) groups is 3. The number of likely N-dealkylation sites (tertiary alicyclic amines) is 1. The molecule has 0 unspecified atom stereocenters. The van der Waals surface area contributed by atoms with Gasteiger partial charge in [0.15, 0.2) is 0 Å². The summed E-state index contributed by atoms with van der Waals surface area (Å²) in [6.45, 7) is 5.51. The predicted molar refractivity (Wildman–Crippen MR) is 128 cm³/mol. The van der Waals surface area contributed by atoms with Crippen molar-refractivity contribution in [1.82, 2.24) is 9.88 Å². The third-order valence-electron chi connectivity index (χ3n) is 8.36. The monoisotopic (exact) mass is 498 g/mol. The Bertz CT molecular complexity index is 1260. The van der Waals surface area contributed by atoms with Crippen LogP contribution < -0.4 is 4.87 Å². The number of carboxylic acid groups (broad SMARTS) is 1. The number of thiazole rings is 1. The lowest BCUT2D eigenvalue weighted by Gasteiger charge is -2.43. The fourth-order valence-corrected chi connectivity index (χ4v) is 10.0. The smallest absolute Gasteiger partial charge is 0.327 e. The second-order valence-electron chi connectivity index (χ2n) is 10.4. The highest BCUT2D eigenvalue weighted by molar-refractivity contribution is 8.00. The number of aromatic nitrogens is 1. The van der Waals surface area contributed by atoms with Gasteiger partial charge in [-0.25, -0.2) is 4.79 Å². The number of benzene rings is 1. The molecule has 2 aliphatic heterocycles. The number of aromatic amines is 1. The predicted octanol–water partition coefficient (Wildman–Crippen LogP) is 3.33. The summed E-state index contributed by atoms with van der Waals surface area (Å²) in [5.41, 5.74) is 2.28. The Morgan fingerprint density at radius 1 is 1.09 bits per heavy atom. The van der Waals surface area contributed by atoms with Crippen LogP contribution in [0.1, 0.15) is 42.2 Å². The van der Waals surface area contributed by atoms with E-state index in [1.165, 1.54) is 11.3 Å². The molecule has 34 heavy (non-hydrogen) atoms. The van der Waals surface area contributed by atoms with Crippen LogP contribution in [0.25, 0.3) is 0 Å². The number of thioether (sulfide) groups is 1. The second kappa shape index (κ2) is 7.55. The number of carbonyl (C=O) groups excluding carboxylic acids is 2. The molecule has 3 fully saturated rings. The Balaban J connectivity index is 1.44. The van der Waals surface area contributed by atoms with Crippen LogP contribution in [0, 0.1) is 42.4 Å². The Morgan fingerprint density at radius 3 is 2.35 bits per heavy atom. The molecule has 2 bridgehead atoms. The van der Waals surface area contributed by atoms with Gasteiger partial charge >= 0.3 is 10.8 Å². The molecule has 2 aliphatic carbocycles. The zero-order valence-corrected chi connectivity index (χ0v) is 20.7. The van der Waals surface area contributed by atoms with E-state index in [-0.39, 0.29) is 51.5 Å². The van der Waals surface area contributed by atoms with E-state index >= 15 is 0 Å². The summed E-state index contributed by atoms with van der Waals surface area (Å²) in [4.78, 5) is 56.5. The fraction of sp³-hybridized carbons (Fsp3) is 0.520. The van der Waals surface area contributed by atoms with Gasteiger partial charge in [0.1, 0.15) is 6.04 Å². The minimum absolute atomic E-state index is 0.00226. The lowest BCUT2D eigenvalue weighted by Crippen LogP contribution is -2.49. The minimum atomic E-state index is -1.13. The molecule has 1 saturated heterocycles. The topological polar surface area (TPSA) is 108 Å². The zero-order valence-electron chi connectivity index (χ0n) is 19.1. The van der Waals surface area contributed by atoms with E-state index < -0.39 is 23.8 Å². The Labute approximate surface area is 204 Å². The van der Waals surface area contributed by atoms with Gasteiger partial charge in [0.2, 0.25) is 11.8 Å². The number of hydrogen-bond acceptors (Lipinski definition) is 6. The number of aliphatic carboxylic acids is 1. The fourth-order valence-electron chi connectivity index (χ4n) is 7.15. The summed E-state index contributed by atoms with van der Waals surface area (Å²) in [6, 6.07) is 7.23. The van der Waals surface area contributed by atoms with Gasteiger partial charge in [-0.2, -0.15) is 0 Å². The number of imide groups is 1. The molecule has 2 aromatic rings. The van der Waals surface area contributed by atoms with Crippen molar-refractivity contribution in [1.29, 1.82) is 0 Å². The number of nitrogens with zero attached hydrogens (tertiary/aromatic N) is 1. The quantitative estimate of drug-likeness (QED) is 0.626. The van der Waals surface area contributed by atoms with Crippen molar-refractivity contribution in [2.75, 3.05) is 0 Å². The summed E-state index contributed by atoms with van der Waals surface area (Å²) in [5, 5.41) is 10.8. The molecule has 3 heterocycles. The van der Waals surface area contributed by atoms with E-state index in [4.69, 9.17) is 0 Å². The van der Waals surface area contributed by atoms with Crippen LogP contribution in [-0.2, 0) is 14.4 Å². The number of fused-ring (bicyclic) bond motifs is 9. The average molecular weight is 499 g/mol. The van der Waals surface area contributed by atoms with Crippen molar-refractivity contribution in [3.05, 3.63) is 49.9 Å². The molecule has 2 N–H and O–H groups in total. The van der Waals surface area contributed by atoms with E-state index in [0.717, 1.165) is 32.4 Å².